The second kappa shape index (κ2) is 6.91. The number of benzene rings is 1. The first-order valence-electron chi connectivity index (χ1n) is 6.62. The highest BCUT2D eigenvalue weighted by Gasteiger charge is 2.16. The van der Waals surface area contributed by atoms with Gasteiger partial charge in [0.2, 0.25) is 0 Å². The van der Waals surface area contributed by atoms with Crippen molar-refractivity contribution in [3.05, 3.63) is 23.8 Å². The van der Waals surface area contributed by atoms with Gasteiger partial charge in [-0.15, -0.1) is 0 Å². The molecule has 0 saturated carbocycles. The summed E-state index contributed by atoms with van der Waals surface area (Å²) in [6.45, 7) is 1.48. The molecule has 1 amide bonds. The summed E-state index contributed by atoms with van der Waals surface area (Å²) in [6, 6.07) is 4.23. The first-order chi connectivity index (χ1) is 9.61. The number of anilines is 1. The third-order valence-electron chi connectivity index (χ3n) is 3.05. The summed E-state index contributed by atoms with van der Waals surface area (Å²) in [5.74, 6) is -0.231. The lowest BCUT2D eigenvalue weighted by molar-refractivity contribution is 0.0790. The summed E-state index contributed by atoms with van der Waals surface area (Å²) >= 11 is 0. The van der Waals surface area contributed by atoms with Gasteiger partial charge >= 0.3 is 0 Å². The zero-order valence-electron chi connectivity index (χ0n) is 13.0. The highest BCUT2D eigenvalue weighted by atomic mass is 32.2. The fourth-order valence-electron chi connectivity index (χ4n) is 1.91. The number of sulfone groups is 1. The lowest BCUT2D eigenvalue weighted by Gasteiger charge is -2.19. The van der Waals surface area contributed by atoms with E-state index in [2.05, 4.69) is 0 Å². The molecular weight excluding hydrogens is 290 g/mol. The maximum Gasteiger partial charge on any atom is 0.253 e. The van der Waals surface area contributed by atoms with E-state index >= 15 is 0 Å². The molecule has 6 nitrogen and oxygen atoms in total. The van der Waals surface area contributed by atoms with E-state index in [4.69, 9.17) is 5.73 Å². The monoisotopic (exact) mass is 313 g/mol. The molecule has 118 valence electrons. The molecule has 0 spiro atoms. The van der Waals surface area contributed by atoms with Gasteiger partial charge in [-0.1, -0.05) is 0 Å². The van der Waals surface area contributed by atoms with E-state index in [0.29, 0.717) is 12.1 Å². The van der Waals surface area contributed by atoms with Crippen LogP contribution in [0, 0.1) is 0 Å². The normalized spacial score (nSPS) is 11.7. The summed E-state index contributed by atoms with van der Waals surface area (Å²) < 4.78 is 23.2. The maximum atomic E-state index is 12.3. The lowest BCUT2D eigenvalue weighted by atomic mass is 10.1. The Morgan fingerprint density at radius 2 is 1.76 bits per heavy atom. The van der Waals surface area contributed by atoms with Crippen LogP contribution in [-0.2, 0) is 9.84 Å². The van der Waals surface area contributed by atoms with E-state index in [1.54, 1.807) is 11.9 Å². The Bertz CT molecular complexity index is 612. The molecule has 0 aromatic heterocycles. The molecule has 1 rings (SSSR count). The third kappa shape index (κ3) is 5.35. The molecule has 0 aliphatic rings. The van der Waals surface area contributed by atoms with E-state index in [9.17, 15) is 13.2 Å². The number of carbonyl (C=O) groups is 1. The molecule has 0 saturated heterocycles. The van der Waals surface area contributed by atoms with Gasteiger partial charge in [-0.05, 0) is 45.3 Å². The van der Waals surface area contributed by atoms with E-state index in [-0.39, 0.29) is 16.5 Å². The Morgan fingerprint density at radius 3 is 2.29 bits per heavy atom. The molecule has 0 atom stereocenters. The quantitative estimate of drug-likeness (QED) is 0.782. The summed E-state index contributed by atoms with van der Waals surface area (Å²) in [6.07, 6.45) is 1.94. The van der Waals surface area contributed by atoms with Crippen molar-refractivity contribution in [3.8, 4) is 0 Å². The van der Waals surface area contributed by atoms with Gasteiger partial charge in [0.25, 0.3) is 5.91 Å². The largest absolute Gasteiger partial charge is 0.399 e. The zero-order valence-corrected chi connectivity index (χ0v) is 13.8. The average molecular weight is 313 g/mol. The molecule has 1 aromatic carbocycles. The van der Waals surface area contributed by atoms with Crippen LogP contribution >= 0.6 is 0 Å². The van der Waals surface area contributed by atoms with Gasteiger partial charge < -0.3 is 15.5 Å². The van der Waals surface area contributed by atoms with Crippen molar-refractivity contribution < 1.29 is 13.2 Å². The second-order valence-electron chi connectivity index (χ2n) is 5.45. The lowest BCUT2D eigenvalue weighted by Crippen LogP contribution is -2.30. The molecule has 0 fully saturated rings. The molecule has 7 heteroatoms. The number of hydrogen-bond acceptors (Lipinski definition) is 5. The third-order valence-corrected chi connectivity index (χ3v) is 4.14. The number of rotatable bonds is 6. The van der Waals surface area contributed by atoms with Crippen LogP contribution in [0.5, 0.6) is 0 Å². The fourth-order valence-corrected chi connectivity index (χ4v) is 2.60. The van der Waals surface area contributed by atoms with Crippen molar-refractivity contribution in [1.29, 1.82) is 0 Å². The van der Waals surface area contributed by atoms with Gasteiger partial charge in [-0.25, -0.2) is 8.42 Å². The number of carbonyl (C=O) groups excluding carboxylic acids is 1. The van der Waals surface area contributed by atoms with Crippen LogP contribution in [0.25, 0.3) is 0 Å². The van der Waals surface area contributed by atoms with Crippen molar-refractivity contribution in [3.63, 3.8) is 0 Å². The number of amides is 1. The van der Waals surface area contributed by atoms with Crippen molar-refractivity contribution in [2.24, 2.45) is 0 Å². The minimum Gasteiger partial charge on any atom is -0.399 e. The van der Waals surface area contributed by atoms with Gasteiger partial charge in [0.15, 0.2) is 9.84 Å². The summed E-state index contributed by atoms with van der Waals surface area (Å²) in [5, 5.41) is 0. The summed E-state index contributed by atoms with van der Waals surface area (Å²) in [4.78, 5) is 16.0. The molecule has 0 bridgehead atoms. The molecule has 0 unspecified atom stereocenters. The van der Waals surface area contributed by atoms with Crippen LogP contribution in [0.1, 0.15) is 16.8 Å². The zero-order chi connectivity index (χ0) is 16.2. The second-order valence-corrected chi connectivity index (χ2v) is 7.46. The van der Waals surface area contributed by atoms with Gasteiger partial charge in [-0.3, -0.25) is 4.79 Å². The van der Waals surface area contributed by atoms with Gasteiger partial charge in [-0.2, -0.15) is 0 Å². The van der Waals surface area contributed by atoms with Crippen LogP contribution in [0.15, 0.2) is 23.1 Å². The number of nitrogens with two attached hydrogens (primary N) is 1. The van der Waals surface area contributed by atoms with Crippen LogP contribution in [0.2, 0.25) is 0 Å². The highest BCUT2D eigenvalue weighted by Crippen LogP contribution is 2.18. The first-order valence-corrected chi connectivity index (χ1v) is 8.51. The molecule has 0 heterocycles. The van der Waals surface area contributed by atoms with Gasteiger partial charge in [0.1, 0.15) is 0 Å². The topological polar surface area (TPSA) is 83.7 Å². The van der Waals surface area contributed by atoms with Crippen LogP contribution in [-0.4, -0.2) is 64.6 Å². The summed E-state index contributed by atoms with van der Waals surface area (Å²) in [7, 11) is 2.24. The first kappa shape index (κ1) is 17.5. The number of nitrogen functional groups attached to an aromatic ring is 1. The standard InChI is InChI=1S/C14H23N3O3S/c1-16(2)6-5-7-17(3)14(18)11-8-12(15)10-13(9-11)21(4,19)20/h8-10H,5-7,15H2,1-4H3. The van der Waals surface area contributed by atoms with E-state index in [0.717, 1.165) is 19.2 Å². The SMILES string of the molecule is CN(C)CCCN(C)C(=O)c1cc(N)cc(S(C)(=O)=O)c1. The van der Waals surface area contributed by atoms with Crippen molar-refractivity contribution >= 4 is 21.4 Å². The molecule has 0 aliphatic heterocycles. The predicted octanol–water partition coefficient (Wildman–Crippen LogP) is 0.696. The van der Waals surface area contributed by atoms with E-state index in [1.807, 2.05) is 19.0 Å². The van der Waals surface area contributed by atoms with Gasteiger partial charge in [0, 0.05) is 31.1 Å². The fraction of sp³-hybridized carbons (Fsp3) is 0.500. The highest BCUT2D eigenvalue weighted by molar-refractivity contribution is 7.90. The smallest absolute Gasteiger partial charge is 0.253 e. The Labute approximate surface area is 126 Å². The molecular formula is C14H23N3O3S. The van der Waals surface area contributed by atoms with Crippen LogP contribution in [0.3, 0.4) is 0 Å². The molecule has 21 heavy (non-hydrogen) atoms. The number of nitrogens with zero attached hydrogens (tertiary/aromatic N) is 2. The predicted molar refractivity (Wildman–Crippen MR) is 84.1 cm³/mol. The van der Waals surface area contributed by atoms with Crippen LogP contribution < -0.4 is 5.73 Å². The minimum atomic E-state index is -3.39. The Balaban J connectivity index is 2.89. The number of hydrogen-bond donors (Lipinski definition) is 1. The van der Waals surface area contributed by atoms with Crippen molar-refractivity contribution in [1.82, 2.24) is 9.80 Å². The Morgan fingerprint density at radius 1 is 1.14 bits per heavy atom. The average Bonchev–Trinajstić information content (AvgIpc) is 2.35. The van der Waals surface area contributed by atoms with Crippen molar-refractivity contribution in [2.45, 2.75) is 11.3 Å². The maximum absolute atomic E-state index is 12.3. The van der Waals surface area contributed by atoms with Crippen molar-refractivity contribution in [2.75, 3.05) is 46.2 Å². The Hall–Kier alpha value is -1.60. The Kier molecular flexibility index (Phi) is 5.74. The van der Waals surface area contributed by atoms with Crippen LogP contribution in [0.4, 0.5) is 5.69 Å². The van der Waals surface area contributed by atoms with Gasteiger partial charge in [0.05, 0.1) is 4.90 Å². The molecule has 1 aromatic rings. The molecule has 0 radical (unpaired) electrons. The molecule has 2 N–H and O–H groups in total. The molecule has 0 aliphatic carbocycles. The van der Waals surface area contributed by atoms with E-state index in [1.165, 1.54) is 18.2 Å². The minimum absolute atomic E-state index is 0.0625. The van der Waals surface area contributed by atoms with E-state index < -0.39 is 9.84 Å². The summed E-state index contributed by atoms with van der Waals surface area (Å²) in [5.41, 5.74) is 6.25.